The number of para-hydroxylation sites is 1. The van der Waals surface area contributed by atoms with E-state index in [1.54, 1.807) is 0 Å². The van der Waals surface area contributed by atoms with Gasteiger partial charge in [0.05, 0.1) is 52.9 Å². The Morgan fingerprint density at radius 1 is 0.581 bits per heavy atom. The first-order valence-electron chi connectivity index (χ1n) is 15.6. The summed E-state index contributed by atoms with van der Waals surface area (Å²) in [5.74, 6) is 0.898. The summed E-state index contributed by atoms with van der Waals surface area (Å²) in [6, 6.07) is 8.44. The summed E-state index contributed by atoms with van der Waals surface area (Å²) in [6.07, 6.45) is 0. The molecule has 1 aromatic rings. The van der Waals surface area contributed by atoms with Gasteiger partial charge in [-0.1, -0.05) is 18.2 Å². The van der Waals surface area contributed by atoms with Crippen LogP contribution >= 0.6 is 22.6 Å². The summed E-state index contributed by atoms with van der Waals surface area (Å²) in [5, 5.41) is 0. The summed E-state index contributed by atoms with van der Waals surface area (Å²) < 4.78 is 61.9. The van der Waals surface area contributed by atoms with Crippen molar-refractivity contribution in [3.05, 3.63) is 29.8 Å². The fourth-order valence-electron chi connectivity index (χ4n) is 6.55. The summed E-state index contributed by atoms with van der Waals surface area (Å²) in [7, 11) is -8.44. The summed E-state index contributed by atoms with van der Waals surface area (Å²) >= 11 is 0. The molecule has 6 heterocycles. The van der Waals surface area contributed by atoms with Crippen LogP contribution < -0.4 is 4.52 Å². The third-order valence-corrected chi connectivity index (χ3v) is 20.9. The molecule has 16 heteroatoms. The smallest absolute Gasteiger partial charge is 0.334 e. The molecule has 1 aromatic carbocycles. The Morgan fingerprint density at radius 3 is 1.44 bits per heavy atom. The van der Waals surface area contributed by atoms with Crippen molar-refractivity contribution in [1.29, 1.82) is 0 Å². The second-order valence-corrected chi connectivity index (χ2v) is 20.8. The molecular formula is C27H47N8O5P3. The number of hydrogen-bond acceptors (Lipinski definition) is 13. The minimum Gasteiger partial charge on any atom is -0.430 e. The summed E-state index contributed by atoms with van der Waals surface area (Å²) in [5.41, 5.74) is 0.933. The predicted octanol–water partition coefficient (Wildman–Crippen LogP) is 4.86. The molecule has 6 aliphatic heterocycles. The van der Waals surface area contributed by atoms with E-state index in [1.165, 1.54) is 5.56 Å². The van der Waals surface area contributed by atoms with E-state index in [-0.39, 0.29) is 5.54 Å². The highest BCUT2D eigenvalue weighted by molar-refractivity contribution is 7.82. The average molecular weight is 657 g/mol. The minimum atomic E-state index is -3.00. The molecular weight excluding hydrogens is 609 g/mol. The molecule has 0 amide bonds. The highest BCUT2D eigenvalue weighted by atomic mass is 31.3. The third-order valence-electron chi connectivity index (χ3n) is 8.78. The van der Waals surface area contributed by atoms with Crippen LogP contribution in [0.5, 0.6) is 5.75 Å². The number of nitrogens with zero attached hydrogens (tertiary/aromatic N) is 8. The Bertz CT molecular complexity index is 1250. The van der Waals surface area contributed by atoms with Gasteiger partial charge in [0.25, 0.3) is 0 Å². The Kier molecular flexibility index (Phi) is 9.01. The molecule has 13 nitrogen and oxygen atoms in total. The van der Waals surface area contributed by atoms with Gasteiger partial charge < -0.3 is 23.5 Å². The third kappa shape index (κ3) is 5.77. The fourth-order valence-corrected chi connectivity index (χ4v) is 21.6. The lowest BCUT2D eigenvalue weighted by Gasteiger charge is -2.54. The Hall–Kier alpha value is -0.650. The average Bonchev–Trinajstić information content (AvgIpc) is 3.05. The highest BCUT2D eigenvalue weighted by Crippen LogP contribution is 2.84. The molecule has 0 aromatic heterocycles. The standard InChI is InChI=1S/C27H47N8O5P3/c1-27(2,3)35-24-25-6-4-5-7-26(25)40-43(35)29-41(31-8-16-36-17-9-31,32-10-18-37-19-11-32)28-42(30-43,33-12-20-38-21-13-33)34-14-22-39-23-15-34/h4-7H,8-24H2,1-3H3. The van der Waals surface area contributed by atoms with Crippen molar-refractivity contribution >= 4 is 22.6 Å². The van der Waals surface area contributed by atoms with Gasteiger partial charge >= 0.3 is 7.58 Å². The lowest BCUT2D eigenvalue weighted by molar-refractivity contribution is 0.0546. The van der Waals surface area contributed by atoms with Gasteiger partial charge in [0, 0.05) is 70.0 Å². The van der Waals surface area contributed by atoms with Crippen LogP contribution in [0.3, 0.4) is 0 Å². The van der Waals surface area contributed by atoms with Crippen molar-refractivity contribution in [1.82, 2.24) is 23.4 Å². The van der Waals surface area contributed by atoms with Crippen LogP contribution in [0.1, 0.15) is 26.3 Å². The monoisotopic (exact) mass is 656 g/mol. The van der Waals surface area contributed by atoms with Crippen molar-refractivity contribution < 1.29 is 23.5 Å². The van der Waals surface area contributed by atoms with Crippen LogP contribution in [0, 0.1) is 0 Å². The van der Waals surface area contributed by atoms with Crippen molar-refractivity contribution in [3.8, 4) is 5.75 Å². The first-order chi connectivity index (χ1) is 20.8. The molecule has 0 aliphatic carbocycles. The number of rotatable bonds is 4. The highest BCUT2D eigenvalue weighted by Gasteiger charge is 2.54. The number of morpholine rings is 4. The lowest BCUT2D eigenvalue weighted by Crippen LogP contribution is -2.47. The van der Waals surface area contributed by atoms with Gasteiger partial charge in [-0.3, -0.25) is 0 Å². The van der Waals surface area contributed by atoms with Gasteiger partial charge in [0.2, 0.25) is 15.0 Å². The SMILES string of the molecule is CC(C)(C)N1Cc2ccccc2OP12=NP(N1CCOCC1)(N1CCOCC1)=NP(N1CCOCC1)(N1CCOCC1)=N2. The van der Waals surface area contributed by atoms with Gasteiger partial charge in [0.1, 0.15) is 5.75 Å². The lowest BCUT2D eigenvalue weighted by atomic mass is 10.1. The predicted molar refractivity (Wildman–Crippen MR) is 170 cm³/mol. The molecule has 0 bridgehead atoms. The van der Waals surface area contributed by atoms with Crippen LogP contribution in [0.4, 0.5) is 0 Å². The molecule has 6 aliphatic rings. The molecule has 7 rings (SSSR count). The molecule has 4 fully saturated rings. The summed E-state index contributed by atoms with van der Waals surface area (Å²) in [4.78, 5) is 0. The van der Waals surface area contributed by atoms with E-state index in [9.17, 15) is 0 Å². The van der Waals surface area contributed by atoms with Gasteiger partial charge in [-0.25, -0.2) is 23.4 Å². The van der Waals surface area contributed by atoms with Crippen LogP contribution in [0.15, 0.2) is 37.8 Å². The Labute approximate surface area is 256 Å². The van der Waals surface area contributed by atoms with E-state index >= 15 is 0 Å². The second kappa shape index (κ2) is 12.5. The number of benzene rings is 1. The maximum Gasteiger partial charge on any atom is 0.334 e. The quantitative estimate of drug-likeness (QED) is 0.418. The van der Waals surface area contributed by atoms with Crippen molar-refractivity contribution in [2.45, 2.75) is 32.9 Å². The largest absolute Gasteiger partial charge is 0.430 e. The molecule has 0 N–H and O–H groups in total. The topological polar surface area (TPSA) is 99.4 Å². The molecule has 1 unspecified atom stereocenters. The molecule has 240 valence electrons. The minimum absolute atomic E-state index is 0.247. The number of ether oxygens (including phenoxy) is 4. The first kappa shape index (κ1) is 31.0. The molecule has 43 heavy (non-hydrogen) atoms. The molecule has 0 radical (unpaired) electrons. The van der Waals surface area contributed by atoms with Crippen molar-refractivity contribution in [2.24, 2.45) is 13.5 Å². The molecule has 0 saturated carbocycles. The van der Waals surface area contributed by atoms with Gasteiger partial charge in [-0.05, 0) is 26.8 Å². The Morgan fingerprint density at radius 2 is 1.00 bits per heavy atom. The van der Waals surface area contributed by atoms with Gasteiger partial charge in [-0.2, -0.15) is 13.5 Å². The van der Waals surface area contributed by atoms with Gasteiger partial charge in [0.15, 0.2) is 0 Å². The van der Waals surface area contributed by atoms with Gasteiger partial charge in [-0.15, -0.1) is 0 Å². The zero-order valence-electron chi connectivity index (χ0n) is 25.8. The summed E-state index contributed by atoms with van der Waals surface area (Å²) in [6.45, 7) is 19.3. The Balaban J connectivity index is 1.57. The fraction of sp³-hybridized carbons (Fsp3) is 0.778. The zero-order chi connectivity index (χ0) is 29.5. The molecule has 1 spiro atoms. The van der Waals surface area contributed by atoms with Crippen LogP contribution in [-0.2, 0) is 25.5 Å². The first-order valence-corrected chi connectivity index (χ1v) is 20.4. The van der Waals surface area contributed by atoms with E-state index in [2.05, 4.69) is 68.4 Å². The van der Waals surface area contributed by atoms with Crippen LogP contribution in [0.25, 0.3) is 0 Å². The van der Waals surface area contributed by atoms with Crippen LogP contribution in [0.2, 0.25) is 0 Å². The van der Waals surface area contributed by atoms with E-state index in [0.717, 1.165) is 64.7 Å². The van der Waals surface area contributed by atoms with Crippen molar-refractivity contribution in [3.63, 3.8) is 0 Å². The zero-order valence-corrected chi connectivity index (χ0v) is 28.5. The van der Waals surface area contributed by atoms with Crippen molar-refractivity contribution in [2.75, 3.05) is 105 Å². The van der Waals surface area contributed by atoms with Crippen LogP contribution in [-0.4, -0.2) is 134 Å². The molecule has 1 atom stereocenters. The molecule has 4 saturated heterocycles. The van der Waals surface area contributed by atoms with E-state index in [1.807, 2.05) is 0 Å². The van der Waals surface area contributed by atoms with E-state index in [4.69, 9.17) is 37.0 Å². The second-order valence-electron chi connectivity index (χ2n) is 12.5. The number of hydrogen-bond donors (Lipinski definition) is 0. The number of fused-ring (bicyclic) bond motifs is 1. The normalized spacial score (nSPS) is 31.3. The maximum atomic E-state index is 7.34. The van der Waals surface area contributed by atoms with E-state index < -0.39 is 22.6 Å². The maximum absolute atomic E-state index is 7.34. The van der Waals surface area contributed by atoms with E-state index in [0.29, 0.717) is 52.9 Å².